The molecule has 2 nitrogen and oxygen atoms in total. The highest BCUT2D eigenvalue weighted by molar-refractivity contribution is 5.81. The van der Waals surface area contributed by atoms with Crippen LogP contribution in [0.1, 0.15) is 47.0 Å². The van der Waals surface area contributed by atoms with E-state index in [0.29, 0.717) is 17.7 Å². The zero-order chi connectivity index (χ0) is 9.84. The second kappa shape index (κ2) is 6.05. The van der Waals surface area contributed by atoms with Gasteiger partial charge in [0.1, 0.15) is 0 Å². The second-order valence-corrected chi connectivity index (χ2v) is 3.87. The van der Waals surface area contributed by atoms with Crippen molar-refractivity contribution in [3.63, 3.8) is 0 Å². The minimum atomic E-state index is 0. The number of hydrogen-bond acceptors (Lipinski definition) is 1. The van der Waals surface area contributed by atoms with Gasteiger partial charge in [0.05, 0.1) is 0 Å². The lowest BCUT2D eigenvalue weighted by molar-refractivity contribution is -0.130. The average molecular weight is 199 g/mol. The second-order valence-electron chi connectivity index (χ2n) is 3.87. The van der Waals surface area contributed by atoms with Crippen molar-refractivity contribution in [1.82, 2.24) is 4.90 Å². The van der Waals surface area contributed by atoms with Crippen molar-refractivity contribution in [2.75, 3.05) is 13.6 Å². The molecule has 1 heterocycles. The van der Waals surface area contributed by atoms with E-state index in [0.717, 1.165) is 13.0 Å². The Morgan fingerprint density at radius 3 is 2.36 bits per heavy atom. The van der Waals surface area contributed by atoms with Gasteiger partial charge < -0.3 is 4.90 Å². The first-order valence-electron chi connectivity index (χ1n) is 5.54. The van der Waals surface area contributed by atoms with Gasteiger partial charge in [0, 0.05) is 19.5 Å². The topological polar surface area (TPSA) is 20.3 Å². The van der Waals surface area contributed by atoms with Gasteiger partial charge in [0.25, 0.3) is 0 Å². The van der Waals surface area contributed by atoms with Crippen molar-refractivity contribution in [2.45, 2.75) is 47.0 Å². The monoisotopic (exact) mass is 199 g/mol. The maximum Gasteiger partial charge on any atom is 0.225 e. The number of fused-ring (bicyclic) bond motifs is 1. The standard InChI is InChI=1S/C9H15NO.C2H6.CH4/c1-10-6-7-4-2-3-5-8(7)9(10)11;1-2;/h7-8H,2-6H2,1H3;1-2H3;1H4. The first-order chi connectivity index (χ1) is 6.29. The fraction of sp³-hybridized carbons (Fsp3) is 0.917. The summed E-state index contributed by atoms with van der Waals surface area (Å²) >= 11 is 0. The third-order valence-corrected chi connectivity index (χ3v) is 3.11. The van der Waals surface area contributed by atoms with Gasteiger partial charge in [-0.3, -0.25) is 4.79 Å². The predicted octanol–water partition coefficient (Wildman–Crippen LogP) is 2.93. The van der Waals surface area contributed by atoms with Crippen LogP contribution in [-0.4, -0.2) is 24.4 Å². The van der Waals surface area contributed by atoms with Crippen molar-refractivity contribution in [3.8, 4) is 0 Å². The Hall–Kier alpha value is -0.530. The van der Waals surface area contributed by atoms with E-state index in [2.05, 4.69) is 0 Å². The van der Waals surface area contributed by atoms with Crippen LogP contribution in [0.15, 0.2) is 0 Å². The molecule has 0 aromatic rings. The maximum absolute atomic E-state index is 11.5. The van der Waals surface area contributed by atoms with Gasteiger partial charge in [-0.05, 0) is 18.8 Å². The summed E-state index contributed by atoms with van der Waals surface area (Å²) in [6.45, 7) is 5.02. The third kappa shape index (κ3) is 2.49. The summed E-state index contributed by atoms with van der Waals surface area (Å²) in [5.74, 6) is 1.49. The van der Waals surface area contributed by atoms with Crippen LogP contribution in [0.2, 0.25) is 0 Å². The van der Waals surface area contributed by atoms with Crippen molar-refractivity contribution in [1.29, 1.82) is 0 Å². The third-order valence-electron chi connectivity index (χ3n) is 3.11. The van der Waals surface area contributed by atoms with Crippen LogP contribution >= 0.6 is 0 Å². The number of nitrogens with zero attached hydrogens (tertiary/aromatic N) is 1. The highest BCUT2D eigenvalue weighted by atomic mass is 16.2. The van der Waals surface area contributed by atoms with E-state index in [1.54, 1.807) is 0 Å². The number of likely N-dealkylation sites (tertiary alicyclic amines) is 1. The molecule has 0 N–H and O–H groups in total. The van der Waals surface area contributed by atoms with E-state index in [4.69, 9.17) is 0 Å². The quantitative estimate of drug-likeness (QED) is 0.587. The number of rotatable bonds is 0. The zero-order valence-electron chi connectivity index (χ0n) is 9.05. The fourth-order valence-corrected chi connectivity index (χ4v) is 2.48. The lowest BCUT2D eigenvalue weighted by atomic mass is 9.81. The number of hydrogen-bond donors (Lipinski definition) is 0. The van der Waals surface area contributed by atoms with Crippen LogP contribution in [0.25, 0.3) is 0 Å². The van der Waals surface area contributed by atoms with Gasteiger partial charge in [0.15, 0.2) is 0 Å². The van der Waals surface area contributed by atoms with Gasteiger partial charge in [0.2, 0.25) is 5.91 Å². The molecular formula is C12H25NO. The van der Waals surface area contributed by atoms with E-state index in [9.17, 15) is 4.79 Å². The molecule has 2 rings (SSSR count). The van der Waals surface area contributed by atoms with E-state index in [1.165, 1.54) is 19.3 Å². The molecule has 0 bridgehead atoms. The molecule has 0 radical (unpaired) electrons. The van der Waals surface area contributed by atoms with Crippen LogP contribution in [0, 0.1) is 11.8 Å². The van der Waals surface area contributed by atoms with Crippen LogP contribution in [0.3, 0.4) is 0 Å². The molecule has 1 saturated heterocycles. The summed E-state index contributed by atoms with van der Waals surface area (Å²) in [4.78, 5) is 13.4. The molecule has 2 unspecified atom stereocenters. The molecule has 2 atom stereocenters. The molecule has 2 aliphatic rings. The zero-order valence-corrected chi connectivity index (χ0v) is 9.05. The summed E-state index contributed by atoms with van der Waals surface area (Å²) in [5, 5.41) is 0. The van der Waals surface area contributed by atoms with Gasteiger partial charge >= 0.3 is 0 Å². The summed E-state index contributed by atoms with van der Waals surface area (Å²) in [7, 11) is 1.93. The van der Waals surface area contributed by atoms with Crippen molar-refractivity contribution >= 4 is 5.91 Å². The Bertz CT molecular complexity index is 179. The van der Waals surface area contributed by atoms with Crippen LogP contribution < -0.4 is 0 Å². The van der Waals surface area contributed by atoms with Crippen molar-refractivity contribution in [2.24, 2.45) is 11.8 Å². The summed E-state index contributed by atoms with van der Waals surface area (Å²) in [6, 6.07) is 0. The Morgan fingerprint density at radius 2 is 1.79 bits per heavy atom. The molecule has 2 fully saturated rings. The molecule has 2 heteroatoms. The molecule has 1 amide bonds. The van der Waals surface area contributed by atoms with Gasteiger partial charge in [-0.25, -0.2) is 0 Å². The van der Waals surface area contributed by atoms with E-state index in [-0.39, 0.29) is 7.43 Å². The van der Waals surface area contributed by atoms with Crippen LogP contribution in [0.5, 0.6) is 0 Å². The summed E-state index contributed by atoms with van der Waals surface area (Å²) in [6.07, 6.45) is 5.03. The Kier molecular flexibility index (Phi) is 5.82. The number of amides is 1. The molecule has 0 aromatic heterocycles. The largest absolute Gasteiger partial charge is 0.345 e. The molecule has 1 saturated carbocycles. The smallest absolute Gasteiger partial charge is 0.225 e. The normalized spacial score (nSPS) is 29.9. The van der Waals surface area contributed by atoms with Gasteiger partial charge in [-0.15, -0.1) is 0 Å². The molecule has 0 spiro atoms. The van der Waals surface area contributed by atoms with Crippen LogP contribution in [-0.2, 0) is 4.79 Å². The molecule has 14 heavy (non-hydrogen) atoms. The summed E-state index contributed by atoms with van der Waals surface area (Å²) < 4.78 is 0. The van der Waals surface area contributed by atoms with Crippen molar-refractivity contribution in [3.05, 3.63) is 0 Å². The lowest BCUT2D eigenvalue weighted by Crippen LogP contribution is -2.23. The van der Waals surface area contributed by atoms with Crippen molar-refractivity contribution < 1.29 is 4.79 Å². The van der Waals surface area contributed by atoms with E-state index >= 15 is 0 Å². The maximum atomic E-state index is 11.5. The van der Waals surface area contributed by atoms with Crippen LogP contribution in [0.4, 0.5) is 0 Å². The molecule has 1 aliphatic carbocycles. The van der Waals surface area contributed by atoms with Gasteiger partial charge in [-0.2, -0.15) is 0 Å². The highest BCUT2D eigenvalue weighted by Crippen LogP contribution is 2.36. The molecule has 0 aromatic carbocycles. The first-order valence-corrected chi connectivity index (χ1v) is 5.54. The number of carbonyl (C=O) groups excluding carboxylic acids is 1. The van der Waals surface area contributed by atoms with E-state index < -0.39 is 0 Å². The highest BCUT2D eigenvalue weighted by Gasteiger charge is 2.39. The Balaban J connectivity index is 0.000000531. The molecular weight excluding hydrogens is 174 g/mol. The predicted molar refractivity (Wildman–Crippen MR) is 61.2 cm³/mol. The fourth-order valence-electron chi connectivity index (χ4n) is 2.48. The van der Waals surface area contributed by atoms with Gasteiger partial charge in [-0.1, -0.05) is 34.1 Å². The Morgan fingerprint density at radius 1 is 1.21 bits per heavy atom. The lowest BCUT2D eigenvalue weighted by Gasteiger charge is -2.21. The number of carbonyl (C=O) groups is 1. The average Bonchev–Trinajstić information content (AvgIpc) is 2.47. The first kappa shape index (κ1) is 13.5. The summed E-state index contributed by atoms with van der Waals surface area (Å²) in [5.41, 5.74) is 0. The molecule has 1 aliphatic heterocycles. The minimum Gasteiger partial charge on any atom is -0.345 e. The van der Waals surface area contributed by atoms with E-state index in [1.807, 2.05) is 25.8 Å². The minimum absolute atomic E-state index is 0. The molecule has 84 valence electrons. The SMILES string of the molecule is C.CC.CN1CC2CCCCC2C1=O. The Labute approximate surface area is 88.7 Å².